The number of nitrogens with one attached hydrogen (secondary N) is 3. The van der Waals surface area contributed by atoms with E-state index in [-0.39, 0.29) is 54.9 Å². The van der Waals surface area contributed by atoms with Gasteiger partial charge in [0, 0.05) is 38.9 Å². The number of hydrogen-bond acceptors (Lipinski definition) is 3. The van der Waals surface area contributed by atoms with Crippen molar-refractivity contribution in [2.75, 3.05) is 39.3 Å². The summed E-state index contributed by atoms with van der Waals surface area (Å²) < 4.78 is 0. The molecule has 0 saturated heterocycles. The van der Waals surface area contributed by atoms with Crippen molar-refractivity contribution in [2.45, 2.75) is 19.3 Å². The first-order valence-corrected chi connectivity index (χ1v) is 9.01. The Bertz CT molecular complexity index is 380. The molecule has 0 fully saturated rings. The highest BCUT2D eigenvalue weighted by atomic mass is 35.5. The number of carbonyl (C=O) groups excluding carboxylic acids is 3. The van der Waals surface area contributed by atoms with E-state index >= 15 is 0 Å². The van der Waals surface area contributed by atoms with E-state index in [1.807, 2.05) is 0 Å². The number of carbonyl (C=O) groups is 3. The lowest BCUT2D eigenvalue weighted by atomic mass is 10.4. The molecule has 0 heterocycles. The Hall–Kier alpha value is -1.62. The molecule has 12 N–H and O–H groups in total. The van der Waals surface area contributed by atoms with Gasteiger partial charge in [0.15, 0.2) is 0 Å². The fourth-order valence-corrected chi connectivity index (χ4v) is 1.23. The highest BCUT2D eigenvalue weighted by molar-refractivity contribution is 5.87. The number of halogens is 3. The Labute approximate surface area is 198 Å². The molecule has 3 amide bonds. The molecule has 0 bridgehead atoms. The van der Waals surface area contributed by atoms with E-state index in [0.717, 1.165) is 38.9 Å². The molecule has 0 aliphatic rings. The van der Waals surface area contributed by atoms with Gasteiger partial charge in [-0.2, -0.15) is 0 Å². The minimum Gasteiger partial charge on any atom is -1.00 e. The largest absolute Gasteiger partial charge is 1.00 e. The van der Waals surface area contributed by atoms with Crippen LogP contribution in [0.25, 0.3) is 0 Å². The minimum absolute atomic E-state index is 0. The van der Waals surface area contributed by atoms with E-state index in [4.69, 9.17) is 0 Å². The molecular weight excluding hydrogens is 455 g/mol. The van der Waals surface area contributed by atoms with Crippen LogP contribution in [0.4, 0.5) is 0 Å². The summed E-state index contributed by atoms with van der Waals surface area (Å²) in [6.45, 7) is 14.6. The van der Waals surface area contributed by atoms with Gasteiger partial charge in [-0.05, 0) is 18.2 Å². The number of rotatable bonds is 12. The molecule has 12 heteroatoms. The molecule has 0 radical (unpaired) electrons. The van der Waals surface area contributed by atoms with E-state index in [2.05, 4.69) is 52.9 Å². The molecule has 9 nitrogen and oxygen atoms in total. The van der Waals surface area contributed by atoms with Crippen LogP contribution in [0.15, 0.2) is 38.0 Å². The lowest BCUT2D eigenvalue weighted by molar-refractivity contribution is -0.368. The molecule has 0 atom stereocenters. The Morgan fingerprint density at radius 1 is 0.567 bits per heavy atom. The van der Waals surface area contributed by atoms with Crippen molar-refractivity contribution in [1.29, 1.82) is 0 Å². The average Bonchev–Trinajstić information content (AvgIpc) is 2.69. The van der Waals surface area contributed by atoms with Gasteiger partial charge < -0.3 is 70.4 Å². The third-order valence-electron chi connectivity index (χ3n) is 2.73. The molecule has 0 aromatic heterocycles. The fourth-order valence-electron chi connectivity index (χ4n) is 1.23. The molecule has 180 valence electrons. The summed E-state index contributed by atoms with van der Waals surface area (Å²) in [6, 6.07) is 0. The Balaban J connectivity index is -0.0000000686. The van der Waals surface area contributed by atoms with Gasteiger partial charge in [0.05, 0.1) is 19.6 Å². The van der Waals surface area contributed by atoms with Crippen LogP contribution in [-0.2, 0) is 14.4 Å². The molecule has 0 aliphatic carbocycles. The van der Waals surface area contributed by atoms with Gasteiger partial charge in [-0.25, -0.2) is 0 Å². The average molecular weight is 494 g/mol. The fraction of sp³-hybridized carbons (Fsp3) is 0.500. The molecular formula is C18H39Cl3N6O3. The van der Waals surface area contributed by atoms with Gasteiger partial charge in [-0.15, -0.1) is 0 Å². The van der Waals surface area contributed by atoms with Gasteiger partial charge in [0.1, 0.15) is 0 Å². The zero-order valence-electron chi connectivity index (χ0n) is 17.7. The van der Waals surface area contributed by atoms with Gasteiger partial charge >= 0.3 is 0 Å². The van der Waals surface area contributed by atoms with Crippen molar-refractivity contribution < 1.29 is 68.8 Å². The summed E-state index contributed by atoms with van der Waals surface area (Å²) in [5, 5.41) is 7.91. The van der Waals surface area contributed by atoms with E-state index in [1.165, 1.54) is 18.2 Å². The maximum Gasteiger partial charge on any atom is 0.243 e. The summed E-state index contributed by atoms with van der Waals surface area (Å²) in [7, 11) is 0. The lowest BCUT2D eigenvalue weighted by Gasteiger charge is -1.96. The smallest absolute Gasteiger partial charge is 0.243 e. The highest BCUT2D eigenvalue weighted by Crippen LogP contribution is 1.71. The van der Waals surface area contributed by atoms with Gasteiger partial charge in [-0.3, -0.25) is 14.4 Å². The van der Waals surface area contributed by atoms with Crippen LogP contribution in [0, 0.1) is 0 Å². The molecule has 30 heavy (non-hydrogen) atoms. The van der Waals surface area contributed by atoms with Crippen LogP contribution in [0.5, 0.6) is 0 Å². The van der Waals surface area contributed by atoms with Crippen molar-refractivity contribution in [3.05, 3.63) is 38.0 Å². The van der Waals surface area contributed by atoms with Crippen LogP contribution in [0.1, 0.15) is 19.3 Å². The summed E-state index contributed by atoms with van der Waals surface area (Å²) >= 11 is 0. The second kappa shape index (κ2) is 38.0. The normalized spacial score (nSPS) is 7.70. The van der Waals surface area contributed by atoms with Crippen molar-refractivity contribution in [2.24, 2.45) is 0 Å². The molecule has 0 aromatic carbocycles. The molecule has 0 spiro atoms. The van der Waals surface area contributed by atoms with Crippen LogP contribution >= 0.6 is 0 Å². The van der Waals surface area contributed by atoms with Crippen LogP contribution in [-0.4, -0.2) is 57.0 Å². The third kappa shape index (κ3) is 45.2. The number of quaternary nitrogens is 3. The Morgan fingerprint density at radius 2 is 0.767 bits per heavy atom. The monoisotopic (exact) mass is 492 g/mol. The maximum absolute atomic E-state index is 10.4. The summed E-state index contributed by atoms with van der Waals surface area (Å²) in [6.07, 6.45) is 6.59. The zero-order valence-corrected chi connectivity index (χ0v) is 20.0. The van der Waals surface area contributed by atoms with Crippen LogP contribution in [0.2, 0.25) is 0 Å². The standard InChI is InChI=1S/3C6H12N2O.3ClH/c3*1-2-6(9)8-5-3-4-7;;;/h3*2H,1,3-5,7H2,(H,8,9);3*1H. The van der Waals surface area contributed by atoms with Crippen LogP contribution < -0.4 is 70.4 Å². The SMILES string of the molecule is C=CC(=O)NCCC[NH3+].C=CC(=O)NCCC[NH3+].C=CC(=O)NCCC[NH3+].[Cl-].[Cl-].[Cl-]. The Morgan fingerprint density at radius 3 is 0.900 bits per heavy atom. The first-order valence-electron chi connectivity index (χ1n) is 9.01. The third-order valence-corrected chi connectivity index (χ3v) is 2.73. The molecule has 0 aromatic rings. The quantitative estimate of drug-likeness (QED) is 0.117. The molecule has 0 unspecified atom stereocenters. The minimum atomic E-state index is -0.108. The predicted molar refractivity (Wildman–Crippen MR) is 107 cm³/mol. The first-order chi connectivity index (χ1) is 12.9. The van der Waals surface area contributed by atoms with Gasteiger partial charge in [-0.1, -0.05) is 19.7 Å². The second-order valence-corrected chi connectivity index (χ2v) is 5.11. The van der Waals surface area contributed by atoms with Gasteiger partial charge in [0.2, 0.25) is 17.7 Å². The van der Waals surface area contributed by atoms with Crippen molar-refractivity contribution in [3.63, 3.8) is 0 Å². The van der Waals surface area contributed by atoms with E-state index in [0.29, 0.717) is 19.6 Å². The lowest BCUT2D eigenvalue weighted by Crippen LogP contribution is -3.00. The van der Waals surface area contributed by atoms with Crippen LogP contribution in [0.3, 0.4) is 0 Å². The maximum atomic E-state index is 10.4. The zero-order chi connectivity index (χ0) is 21.3. The number of amides is 3. The van der Waals surface area contributed by atoms with Crippen molar-refractivity contribution in [1.82, 2.24) is 16.0 Å². The van der Waals surface area contributed by atoms with Crippen molar-refractivity contribution >= 4 is 17.7 Å². The van der Waals surface area contributed by atoms with E-state index in [1.54, 1.807) is 0 Å². The predicted octanol–water partition coefficient (Wildman–Crippen LogP) is -12.2. The van der Waals surface area contributed by atoms with E-state index in [9.17, 15) is 14.4 Å². The summed E-state index contributed by atoms with van der Waals surface area (Å²) in [4.78, 5) is 31.3. The number of hydrogen-bond donors (Lipinski definition) is 6. The van der Waals surface area contributed by atoms with Gasteiger partial charge in [0.25, 0.3) is 0 Å². The highest BCUT2D eigenvalue weighted by Gasteiger charge is 1.91. The molecule has 0 saturated carbocycles. The first kappa shape index (κ1) is 42.5. The molecule has 0 rings (SSSR count). The van der Waals surface area contributed by atoms with E-state index < -0.39 is 0 Å². The summed E-state index contributed by atoms with van der Waals surface area (Å²) in [5.41, 5.74) is 10.9. The molecule has 0 aliphatic heterocycles. The topological polar surface area (TPSA) is 170 Å². The Kier molecular flexibility index (Phi) is 53.9. The van der Waals surface area contributed by atoms with Crippen molar-refractivity contribution in [3.8, 4) is 0 Å². The second-order valence-electron chi connectivity index (χ2n) is 5.11. The summed E-state index contributed by atoms with van der Waals surface area (Å²) in [5.74, 6) is -0.324.